The van der Waals surface area contributed by atoms with E-state index in [2.05, 4.69) is 45.9 Å². The Labute approximate surface area is 126 Å². The topological polar surface area (TPSA) is 53.9 Å². The predicted octanol–water partition coefficient (Wildman–Crippen LogP) is 3.36. The van der Waals surface area contributed by atoms with Crippen molar-refractivity contribution in [1.29, 1.82) is 0 Å². The van der Waals surface area contributed by atoms with Gasteiger partial charge in [0.05, 0.1) is 0 Å². The molecule has 0 aliphatic heterocycles. The van der Waals surface area contributed by atoms with Crippen LogP contribution in [-0.2, 0) is 0 Å². The third kappa shape index (κ3) is 3.72. The molecule has 0 saturated heterocycles. The van der Waals surface area contributed by atoms with Crippen LogP contribution in [0, 0.1) is 5.92 Å². The molecule has 1 aromatic heterocycles. The van der Waals surface area contributed by atoms with E-state index >= 15 is 0 Å². The summed E-state index contributed by atoms with van der Waals surface area (Å²) in [6.07, 6.45) is 5.24. The van der Waals surface area contributed by atoms with Crippen LogP contribution in [0.5, 0.6) is 0 Å². The number of nitrogens with zero attached hydrogens (tertiary/aromatic N) is 4. The molecule has 0 radical (unpaired) electrons. The van der Waals surface area contributed by atoms with Crippen LogP contribution in [-0.4, -0.2) is 34.1 Å². The first-order chi connectivity index (χ1) is 9.63. The fourth-order valence-corrected chi connectivity index (χ4v) is 2.99. The highest BCUT2D eigenvalue weighted by Gasteiger charge is 2.22. The van der Waals surface area contributed by atoms with E-state index in [1.807, 2.05) is 0 Å². The van der Waals surface area contributed by atoms with E-state index in [-0.39, 0.29) is 5.28 Å². The van der Waals surface area contributed by atoms with Crippen molar-refractivity contribution in [2.24, 2.45) is 5.92 Å². The van der Waals surface area contributed by atoms with Crippen LogP contribution < -0.4 is 10.2 Å². The minimum atomic E-state index is 0.253. The zero-order valence-electron chi connectivity index (χ0n) is 12.6. The Balaban J connectivity index is 2.10. The maximum absolute atomic E-state index is 6.02. The van der Waals surface area contributed by atoms with Gasteiger partial charge in [-0.2, -0.15) is 15.0 Å². The van der Waals surface area contributed by atoms with Crippen molar-refractivity contribution in [3.63, 3.8) is 0 Å². The highest BCUT2D eigenvalue weighted by Crippen LogP contribution is 2.29. The Morgan fingerprint density at radius 2 is 1.85 bits per heavy atom. The monoisotopic (exact) mass is 297 g/mol. The third-order valence-electron chi connectivity index (χ3n) is 4.11. The molecule has 0 bridgehead atoms. The molecule has 1 atom stereocenters. The van der Waals surface area contributed by atoms with Gasteiger partial charge >= 0.3 is 0 Å². The maximum Gasteiger partial charge on any atom is 0.231 e. The second kappa shape index (κ2) is 7.07. The summed E-state index contributed by atoms with van der Waals surface area (Å²) in [5, 5.41) is 3.65. The van der Waals surface area contributed by atoms with Crippen LogP contribution in [0.2, 0.25) is 5.28 Å². The van der Waals surface area contributed by atoms with E-state index in [9.17, 15) is 0 Å². The molecular formula is C14H24ClN5. The van der Waals surface area contributed by atoms with Gasteiger partial charge in [-0.15, -0.1) is 0 Å². The van der Waals surface area contributed by atoms with E-state index in [1.165, 1.54) is 25.7 Å². The molecule has 20 heavy (non-hydrogen) atoms. The summed E-state index contributed by atoms with van der Waals surface area (Å²) in [5.74, 6) is 1.95. The van der Waals surface area contributed by atoms with Crippen LogP contribution in [0.1, 0.15) is 46.5 Å². The number of halogens is 1. The first-order valence-electron chi connectivity index (χ1n) is 7.57. The van der Waals surface area contributed by atoms with Gasteiger partial charge in [-0.25, -0.2) is 0 Å². The summed E-state index contributed by atoms with van der Waals surface area (Å²) in [6.45, 7) is 8.07. The van der Waals surface area contributed by atoms with Crippen LogP contribution >= 0.6 is 11.6 Å². The van der Waals surface area contributed by atoms with Crippen molar-refractivity contribution in [1.82, 2.24) is 15.0 Å². The lowest BCUT2D eigenvalue weighted by Crippen LogP contribution is -2.28. The summed E-state index contributed by atoms with van der Waals surface area (Å²) < 4.78 is 0. The van der Waals surface area contributed by atoms with Crippen molar-refractivity contribution in [2.45, 2.75) is 52.5 Å². The van der Waals surface area contributed by atoms with E-state index in [0.717, 1.165) is 13.1 Å². The zero-order chi connectivity index (χ0) is 14.5. The standard InChI is InChI=1S/C14H24ClN5/c1-4-20(5-2)14-18-12(15)17-13(19-14)16-10(3)11-8-6-7-9-11/h10-11H,4-9H2,1-3H3,(H,16,17,18,19). The van der Waals surface area contributed by atoms with Gasteiger partial charge < -0.3 is 10.2 Å². The number of hydrogen-bond acceptors (Lipinski definition) is 5. The average molecular weight is 298 g/mol. The highest BCUT2D eigenvalue weighted by molar-refractivity contribution is 6.28. The van der Waals surface area contributed by atoms with Crippen molar-refractivity contribution in [3.8, 4) is 0 Å². The second-order valence-corrected chi connectivity index (χ2v) is 5.72. The number of hydrogen-bond donors (Lipinski definition) is 1. The van der Waals surface area contributed by atoms with Gasteiger partial charge in [-0.05, 0) is 51.1 Å². The van der Waals surface area contributed by atoms with Crippen LogP contribution in [0.4, 0.5) is 11.9 Å². The van der Waals surface area contributed by atoms with Gasteiger partial charge in [-0.3, -0.25) is 0 Å². The lowest BCUT2D eigenvalue weighted by atomic mass is 10.0. The zero-order valence-corrected chi connectivity index (χ0v) is 13.3. The van der Waals surface area contributed by atoms with E-state index in [4.69, 9.17) is 11.6 Å². The molecule has 1 aliphatic carbocycles. The maximum atomic E-state index is 6.02. The molecule has 1 aromatic rings. The Morgan fingerprint density at radius 3 is 2.45 bits per heavy atom. The summed E-state index contributed by atoms with van der Waals surface area (Å²) in [7, 11) is 0. The molecule has 1 saturated carbocycles. The summed E-state index contributed by atoms with van der Waals surface area (Å²) in [4.78, 5) is 15.0. The molecule has 5 nitrogen and oxygen atoms in total. The molecule has 6 heteroatoms. The number of nitrogens with one attached hydrogen (secondary N) is 1. The molecule has 112 valence electrons. The fraction of sp³-hybridized carbons (Fsp3) is 0.786. The molecule has 0 spiro atoms. The Bertz CT molecular complexity index is 430. The molecule has 0 amide bonds. The van der Waals surface area contributed by atoms with Crippen molar-refractivity contribution in [2.75, 3.05) is 23.3 Å². The molecule has 0 aromatic carbocycles. The molecule has 1 heterocycles. The Kier molecular flexibility index (Phi) is 5.40. The quantitative estimate of drug-likeness (QED) is 0.872. The second-order valence-electron chi connectivity index (χ2n) is 5.38. The number of aromatic nitrogens is 3. The van der Waals surface area contributed by atoms with E-state index < -0.39 is 0 Å². The van der Waals surface area contributed by atoms with Gasteiger partial charge in [-0.1, -0.05) is 12.8 Å². The summed E-state index contributed by atoms with van der Waals surface area (Å²) >= 11 is 6.02. The smallest absolute Gasteiger partial charge is 0.231 e. The van der Waals surface area contributed by atoms with Gasteiger partial charge in [0.25, 0.3) is 0 Å². The average Bonchev–Trinajstić information content (AvgIpc) is 2.93. The lowest BCUT2D eigenvalue weighted by molar-refractivity contribution is 0.479. The van der Waals surface area contributed by atoms with Gasteiger partial charge in [0.15, 0.2) is 0 Å². The summed E-state index contributed by atoms with van der Waals surface area (Å²) in [5.41, 5.74) is 0. The van der Waals surface area contributed by atoms with Gasteiger partial charge in [0.1, 0.15) is 0 Å². The SMILES string of the molecule is CCN(CC)c1nc(Cl)nc(NC(C)C2CCCC2)n1. The normalized spacial score (nSPS) is 17.2. The lowest BCUT2D eigenvalue weighted by Gasteiger charge is -2.22. The van der Waals surface area contributed by atoms with Gasteiger partial charge in [0, 0.05) is 19.1 Å². The van der Waals surface area contributed by atoms with Crippen LogP contribution in [0.15, 0.2) is 0 Å². The molecule has 2 rings (SSSR count). The molecule has 1 N–H and O–H groups in total. The minimum absolute atomic E-state index is 0.253. The molecule has 1 unspecified atom stereocenters. The van der Waals surface area contributed by atoms with Crippen molar-refractivity contribution in [3.05, 3.63) is 5.28 Å². The first-order valence-corrected chi connectivity index (χ1v) is 7.94. The van der Waals surface area contributed by atoms with E-state index in [1.54, 1.807) is 0 Å². The van der Waals surface area contributed by atoms with Crippen LogP contribution in [0.25, 0.3) is 0 Å². The Hall–Kier alpha value is -1.10. The largest absolute Gasteiger partial charge is 0.351 e. The minimum Gasteiger partial charge on any atom is -0.351 e. The summed E-state index contributed by atoms with van der Waals surface area (Å²) in [6, 6.07) is 0.375. The molecular weight excluding hydrogens is 274 g/mol. The molecule has 1 fully saturated rings. The van der Waals surface area contributed by atoms with Crippen molar-refractivity contribution < 1.29 is 0 Å². The Morgan fingerprint density at radius 1 is 1.20 bits per heavy atom. The fourth-order valence-electron chi connectivity index (χ4n) is 2.83. The molecule has 1 aliphatic rings. The highest BCUT2D eigenvalue weighted by atomic mass is 35.5. The number of rotatable bonds is 6. The third-order valence-corrected chi connectivity index (χ3v) is 4.28. The number of anilines is 2. The van der Waals surface area contributed by atoms with E-state index in [0.29, 0.717) is 23.9 Å². The van der Waals surface area contributed by atoms with Crippen LogP contribution in [0.3, 0.4) is 0 Å². The first kappa shape index (κ1) is 15.3. The predicted molar refractivity (Wildman–Crippen MR) is 83.4 cm³/mol. The van der Waals surface area contributed by atoms with Gasteiger partial charge in [0.2, 0.25) is 17.2 Å². The van der Waals surface area contributed by atoms with Crippen molar-refractivity contribution >= 4 is 23.5 Å².